The molecule has 2 unspecified atom stereocenters. The molecule has 2 aliphatic heterocycles. The highest BCUT2D eigenvalue weighted by Crippen LogP contribution is 2.36. The van der Waals surface area contributed by atoms with Gasteiger partial charge in [-0.25, -0.2) is 4.98 Å². The number of aryl methyl sites for hydroxylation is 1. The Balaban J connectivity index is 1.40. The van der Waals surface area contributed by atoms with Crippen LogP contribution >= 0.6 is 27.3 Å². The van der Waals surface area contributed by atoms with Gasteiger partial charge in [0.25, 0.3) is 5.56 Å². The summed E-state index contributed by atoms with van der Waals surface area (Å²) in [4.78, 5) is 20.1. The zero-order valence-corrected chi connectivity index (χ0v) is 18.3. The van der Waals surface area contributed by atoms with Crippen LogP contribution in [0.3, 0.4) is 0 Å². The number of nitrogens with zero attached hydrogens (tertiary/aromatic N) is 3. The minimum Gasteiger partial charge on any atom is -0.490 e. The van der Waals surface area contributed by atoms with Gasteiger partial charge in [-0.3, -0.25) is 9.36 Å². The molecule has 28 heavy (non-hydrogen) atoms. The van der Waals surface area contributed by atoms with Gasteiger partial charge >= 0.3 is 0 Å². The SMILES string of the molecule is Cc1nc2cc(Br)sc2c(=O)n1-c1ccc(OC2CC3CCC(C2)N3C)cc1. The number of halogens is 1. The van der Waals surface area contributed by atoms with E-state index in [0.717, 1.165) is 33.6 Å². The smallest absolute Gasteiger partial charge is 0.276 e. The third kappa shape index (κ3) is 3.09. The first-order valence-electron chi connectivity index (χ1n) is 9.67. The Labute approximate surface area is 176 Å². The lowest BCUT2D eigenvalue weighted by Crippen LogP contribution is -2.43. The van der Waals surface area contributed by atoms with E-state index < -0.39 is 0 Å². The molecule has 5 rings (SSSR count). The van der Waals surface area contributed by atoms with Crippen molar-refractivity contribution in [1.29, 1.82) is 0 Å². The first-order chi connectivity index (χ1) is 13.5. The molecule has 1 aromatic carbocycles. The van der Waals surface area contributed by atoms with Gasteiger partial charge in [-0.1, -0.05) is 0 Å². The first-order valence-corrected chi connectivity index (χ1v) is 11.3. The number of rotatable bonds is 3. The van der Waals surface area contributed by atoms with Gasteiger partial charge in [-0.05, 0) is 85.9 Å². The lowest BCUT2D eigenvalue weighted by Gasteiger charge is -2.36. The van der Waals surface area contributed by atoms with Gasteiger partial charge in [0.15, 0.2) is 0 Å². The van der Waals surface area contributed by atoms with Crippen LogP contribution in [0.4, 0.5) is 0 Å². The standard InChI is InChI=1S/C21H22BrN3O2S/c1-12-23-18-11-19(22)28-20(18)21(26)25(12)13-5-7-16(8-6-13)27-17-9-14-3-4-15(10-17)24(14)2/h5-8,11,14-15,17H,3-4,9-10H2,1-2H3. The predicted octanol–water partition coefficient (Wildman–Crippen LogP) is 4.52. The van der Waals surface area contributed by atoms with Crippen LogP contribution in [0.2, 0.25) is 0 Å². The minimum atomic E-state index is -0.0289. The van der Waals surface area contributed by atoms with E-state index in [4.69, 9.17) is 4.74 Å². The summed E-state index contributed by atoms with van der Waals surface area (Å²) in [5.74, 6) is 1.56. The van der Waals surface area contributed by atoms with E-state index in [1.807, 2.05) is 37.3 Å². The van der Waals surface area contributed by atoms with Crippen LogP contribution in [0.1, 0.15) is 31.5 Å². The van der Waals surface area contributed by atoms with Gasteiger partial charge in [0, 0.05) is 12.1 Å². The summed E-state index contributed by atoms with van der Waals surface area (Å²) in [6.07, 6.45) is 5.06. The van der Waals surface area contributed by atoms with Crippen molar-refractivity contribution >= 4 is 37.5 Å². The summed E-state index contributed by atoms with van der Waals surface area (Å²) in [7, 11) is 2.24. The molecule has 2 bridgehead atoms. The summed E-state index contributed by atoms with van der Waals surface area (Å²) in [5.41, 5.74) is 1.53. The molecule has 0 radical (unpaired) electrons. The van der Waals surface area contributed by atoms with E-state index in [1.54, 1.807) is 4.57 Å². The van der Waals surface area contributed by atoms with Crippen molar-refractivity contribution in [3.63, 3.8) is 0 Å². The summed E-state index contributed by atoms with van der Waals surface area (Å²) < 4.78 is 9.53. The van der Waals surface area contributed by atoms with Crippen LogP contribution in [0.5, 0.6) is 5.75 Å². The van der Waals surface area contributed by atoms with Gasteiger partial charge in [0.2, 0.25) is 0 Å². The highest BCUT2D eigenvalue weighted by Gasteiger charge is 2.39. The van der Waals surface area contributed by atoms with Crippen molar-refractivity contribution in [3.8, 4) is 11.4 Å². The quantitative estimate of drug-likeness (QED) is 0.577. The Morgan fingerprint density at radius 1 is 1.18 bits per heavy atom. The second kappa shape index (κ2) is 6.97. The lowest BCUT2D eigenvalue weighted by molar-refractivity contribution is 0.0662. The fraction of sp³-hybridized carbons (Fsp3) is 0.429. The molecule has 2 aliphatic rings. The first kappa shape index (κ1) is 18.3. The van der Waals surface area contributed by atoms with Crippen molar-refractivity contribution in [2.45, 2.75) is 50.8 Å². The van der Waals surface area contributed by atoms with Gasteiger partial charge in [-0.2, -0.15) is 0 Å². The normalized spacial score (nSPS) is 24.8. The zero-order valence-electron chi connectivity index (χ0n) is 15.9. The molecule has 146 valence electrons. The molecule has 7 heteroatoms. The maximum absolute atomic E-state index is 13.0. The number of hydrogen-bond acceptors (Lipinski definition) is 5. The number of benzene rings is 1. The second-order valence-corrected chi connectivity index (χ2v) is 10.3. The maximum atomic E-state index is 13.0. The largest absolute Gasteiger partial charge is 0.490 e. The Kier molecular flexibility index (Phi) is 4.56. The molecule has 0 amide bonds. The number of thiophene rings is 1. The van der Waals surface area contributed by atoms with Crippen LogP contribution < -0.4 is 10.3 Å². The molecule has 5 nitrogen and oxygen atoms in total. The molecule has 2 saturated heterocycles. The molecular weight excluding hydrogens is 438 g/mol. The van der Waals surface area contributed by atoms with Crippen molar-refractivity contribution < 1.29 is 4.74 Å². The van der Waals surface area contributed by atoms with E-state index in [2.05, 4.69) is 32.9 Å². The van der Waals surface area contributed by atoms with Crippen molar-refractivity contribution in [1.82, 2.24) is 14.5 Å². The van der Waals surface area contributed by atoms with Crippen molar-refractivity contribution in [2.75, 3.05) is 7.05 Å². The van der Waals surface area contributed by atoms with Gasteiger partial charge in [-0.15, -0.1) is 11.3 Å². The van der Waals surface area contributed by atoms with Crippen molar-refractivity contribution in [3.05, 3.63) is 50.3 Å². The molecule has 3 aromatic rings. The van der Waals surface area contributed by atoms with E-state index in [1.165, 1.54) is 24.2 Å². The van der Waals surface area contributed by atoms with E-state index >= 15 is 0 Å². The number of fused-ring (bicyclic) bond motifs is 3. The van der Waals surface area contributed by atoms with Gasteiger partial charge < -0.3 is 9.64 Å². The third-order valence-electron chi connectivity index (χ3n) is 6.14. The Hall–Kier alpha value is -1.70. The number of ether oxygens (including phenoxy) is 1. The molecule has 4 heterocycles. The van der Waals surface area contributed by atoms with E-state index in [9.17, 15) is 4.79 Å². The highest BCUT2D eigenvalue weighted by atomic mass is 79.9. The summed E-state index contributed by atoms with van der Waals surface area (Å²) in [5, 5.41) is 0. The monoisotopic (exact) mass is 459 g/mol. The number of aromatic nitrogens is 2. The topological polar surface area (TPSA) is 47.4 Å². The summed E-state index contributed by atoms with van der Waals surface area (Å²) in [6, 6.07) is 11.0. The molecule has 0 N–H and O–H groups in total. The van der Waals surface area contributed by atoms with Crippen LogP contribution in [0.15, 0.2) is 38.9 Å². The zero-order chi connectivity index (χ0) is 19.4. The second-order valence-electron chi connectivity index (χ2n) is 7.82. The fourth-order valence-corrected chi connectivity index (χ4v) is 6.15. The molecule has 0 saturated carbocycles. The number of hydrogen-bond donors (Lipinski definition) is 0. The lowest BCUT2D eigenvalue weighted by atomic mass is 10.0. The molecule has 2 aromatic heterocycles. The van der Waals surface area contributed by atoms with Crippen LogP contribution in [0, 0.1) is 6.92 Å². The average Bonchev–Trinajstić information content (AvgIpc) is 3.11. The van der Waals surface area contributed by atoms with E-state index in [0.29, 0.717) is 22.6 Å². The van der Waals surface area contributed by atoms with Crippen molar-refractivity contribution in [2.24, 2.45) is 0 Å². The summed E-state index contributed by atoms with van der Waals surface area (Å²) in [6.45, 7) is 1.87. The van der Waals surface area contributed by atoms with Crippen LogP contribution in [-0.4, -0.2) is 39.7 Å². The van der Waals surface area contributed by atoms with Crippen LogP contribution in [0.25, 0.3) is 15.9 Å². The van der Waals surface area contributed by atoms with Gasteiger partial charge in [0.05, 0.1) is 15.0 Å². The minimum absolute atomic E-state index is 0.0289. The highest BCUT2D eigenvalue weighted by molar-refractivity contribution is 9.11. The molecule has 2 fully saturated rings. The fourth-order valence-electron chi connectivity index (χ4n) is 4.69. The Morgan fingerprint density at radius 2 is 1.86 bits per heavy atom. The molecule has 0 aliphatic carbocycles. The Morgan fingerprint density at radius 3 is 2.54 bits per heavy atom. The van der Waals surface area contributed by atoms with Gasteiger partial charge in [0.1, 0.15) is 22.4 Å². The third-order valence-corrected chi connectivity index (χ3v) is 7.75. The molecular formula is C21H22BrN3O2S. The number of piperidine rings is 1. The van der Waals surface area contributed by atoms with Crippen LogP contribution in [-0.2, 0) is 0 Å². The predicted molar refractivity (Wildman–Crippen MR) is 116 cm³/mol. The Bertz CT molecular complexity index is 1080. The summed E-state index contributed by atoms with van der Waals surface area (Å²) >= 11 is 4.87. The maximum Gasteiger partial charge on any atom is 0.276 e. The molecule has 2 atom stereocenters. The van der Waals surface area contributed by atoms with E-state index in [-0.39, 0.29) is 11.7 Å². The molecule has 0 spiro atoms. The average molecular weight is 460 g/mol.